The predicted octanol–water partition coefficient (Wildman–Crippen LogP) is 1.82. The molecule has 1 fully saturated rings. The molecule has 1 heterocycles. The van der Waals surface area contributed by atoms with Crippen LogP contribution < -0.4 is 10.2 Å². The number of urea groups is 1. The Hall–Kier alpha value is -1.56. The Balaban J connectivity index is 2.31. The molecule has 2 rings (SSSR count). The van der Waals surface area contributed by atoms with E-state index in [0.717, 1.165) is 4.47 Å². The average molecular weight is 299 g/mol. The lowest BCUT2D eigenvalue weighted by atomic mass is 10.2. The minimum Gasteiger partial charge on any atom is -0.481 e. The zero-order chi connectivity index (χ0) is 12.4. The Morgan fingerprint density at radius 3 is 2.88 bits per heavy atom. The van der Waals surface area contributed by atoms with E-state index in [1.807, 2.05) is 18.2 Å². The van der Waals surface area contributed by atoms with Gasteiger partial charge in [0.2, 0.25) is 0 Å². The molecule has 0 aliphatic carbocycles. The summed E-state index contributed by atoms with van der Waals surface area (Å²) in [6, 6.07) is 6.64. The van der Waals surface area contributed by atoms with Crippen LogP contribution >= 0.6 is 15.9 Å². The van der Waals surface area contributed by atoms with Gasteiger partial charge in [0, 0.05) is 11.0 Å². The van der Waals surface area contributed by atoms with Crippen molar-refractivity contribution in [3.05, 3.63) is 28.7 Å². The molecule has 0 radical (unpaired) electrons. The first-order valence-corrected chi connectivity index (χ1v) is 5.92. The molecule has 0 aromatic heterocycles. The third-order valence-electron chi connectivity index (χ3n) is 2.60. The summed E-state index contributed by atoms with van der Waals surface area (Å²) >= 11 is 3.36. The van der Waals surface area contributed by atoms with Crippen LogP contribution in [0.5, 0.6) is 0 Å². The van der Waals surface area contributed by atoms with E-state index < -0.39 is 5.97 Å². The molecule has 1 saturated heterocycles. The molecule has 1 unspecified atom stereocenters. The lowest BCUT2D eigenvalue weighted by molar-refractivity contribution is -0.137. The topological polar surface area (TPSA) is 69.6 Å². The predicted molar refractivity (Wildman–Crippen MR) is 66.1 cm³/mol. The van der Waals surface area contributed by atoms with Gasteiger partial charge in [0.1, 0.15) is 0 Å². The quantitative estimate of drug-likeness (QED) is 0.894. The van der Waals surface area contributed by atoms with E-state index >= 15 is 0 Å². The van der Waals surface area contributed by atoms with Gasteiger partial charge in [0.25, 0.3) is 0 Å². The van der Waals surface area contributed by atoms with Crippen molar-refractivity contribution in [2.24, 2.45) is 0 Å². The zero-order valence-electron chi connectivity index (χ0n) is 8.89. The van der Waals surface area contributed by atoms with Crippen LogP contribution in [0.15, 0.2) is 28.7 Å². The third-order valence-corrected chi connectivity index (χ3v) is 3.27. The number of hydrogen-bond acceptors (Lipinski definition) is 2. The molecule has 1 aliphatic rings. The average Bonchev–Trinajstić information content (AvgIpc) is 2.60. The number of carbonyl (C=O) groups excluding carboxylic acids is 1. The molecule has 2 N–H and O–H groups in total. The number of nitrogens with zero attached hydrogens (tertiary/aromatic N) is 1. The number of nitrogens with one attached hydrogen (secondary N) is 1. The van der Waals surface area contributed by atoms with Crippen molar-refractivity contribution in [2.45, 2.75) is 12.5 Å². The number of amides is 2. The van der Waals surface area contributed by atoms with Crippen molar-refractivity contribution >= 4 is 33.6 Å². The van der Waals surface area contributed by atoms with E-state index in [2.05, 4.69) is 21.2 Å². The van der Waals surface area contributed by atoms with Crippen LogP contribution in [-0.4, -0.2) is 29.7 Å². The van der Waals surface area contributed by atoms with Crippen molar-refractivity contribution in [2.75, 3.05) is 11.4 Å². The Labute approximate surface area is 107 Å². The smallest absolute Gasteiger partial charge is 0.322 e. The molecule has 17 heavy (non-hydrogen) atoms. The molecule has 90 valence electrons. The summed E-state index contributed by atoms with van der Waals surface area (Å²) < 4.78 is 0.771. The summed E-state index contributed by atoms with van der Waals surface area (Å²) in [6.45, 7) is 0.354. The third kappa shape index (κ3) is 2.41. The van der Waals surface area contributed by atoms with Crippen molar-refractivity contribution in [1.29, 1.82) is 0 Å². The monoisotopic (exact) mass is 298 g/mol. The second-order valence-electron chi connectivity index (χ2n) is 3.76. The van der Waals surface area contributed by atoms with Gasteiger partial charge in [-0.2, -0.15) is 0 Å². The number of aliphatic carboxylic acids is 1. The normalized spacial score (nSPS) is 19.2. The number of halogens is 1. The number of carboxylic acids is 1. The molecule has 0 bridgehead atoms. The number of carbonyl (C=O) groups is 2. The molecular weight excluding hydrogens is 288 g/mol. The summed E-state index contributed by atoms with van der Waals surface area (Å²) in [4.78, 5) is 24.0. The number of para-hydroxylation sites is 1. The van der Waals surface area contributed by atoms with Crippen LogP contribution in [0.1, 0.15) is 6.42 Å². The molecule has 1 aromatic carbocycles. The van der Waals surface area contributed by atoms with E-state index in [9.17, 15) is 9.59 Å². The highest BCUT2D eigenvalue weighted by Gasteiger charge is 2.34. The molecule has 5 nitrogen and oxygen atoms in total. The highest BCUT2D eigenvalue weighted by atomic mass is 79.9. The first-order valence-electron chi connectivity index (χ1n) is 5.13. The van der Waals surface area contributed by atoms with Crippen molar-refractivity contribution in [3.63, 3.8) is 0 Å². The molecule has 1 aromatic rings. The minimum atomic E-state index is -0.913. The van der Waals surface area contributed by atoms with Crippen molar-refractivity contribution in [3.8, 4) is 0 Å². The fourth-order valence-corrected chi connectivity index (χ4v) is 2.34. The number of hydrogen-bond donors (Lipinski definition) is 2. The maximum Gasteiger partial charge on any atom is 0.322 e. The largest absolute Gasteiger partial charge is 0.481 e. The van der Waals surface area contributed by atoms with Crippen LogP contribution in [0.3, 0.4) is 0 Å². The zero-order valence-corrected chi connectivity index (χ0v) is 10.5. The van der Waals surface area contributed by atoms with Gasteiger partial charge >= 0.3 is 12.0 Å². The molecular formula is C11H11BrN2O3. The molecule has 1 aliphatic heterocycles. The van der Waals surface area contributed by atoms with E-state index in [1.165, 1.54) is 4.90 Å². The first kappa shape index (κ1) is 11.9. The second-order valence-corrected chi connectivity index (χ2v) is 4.61. The molecule has 0 saturated carbocycles. The number of carboxylic acid groups (broad SMARTS) is 1. The van der Waals surface area contributed by atoms with E-state index in [1.54, 1.807) is 6.07 Å². The van der Waals surface area contributed by atoms with Crippen molar-refractivity contribution < 1.29 is 14.7 Å². The SMILES string of the molecule is O=C(O)CC1CNC(=O)N1c1ccccc1Br. The van der Waals surface area contributed by atoms with E-state index in [-0.39, 0.29) is 18.5 Å². The van der Waals surface area contributed by atoms with Gasteiger partial charge in [0.05, 0.1) is 18.2 Å². The lowest BCUT2D eigenvalue weighted by Crippen LogP contribution is -2.35. The fourth-order valence-electron chi connectivity index (χ4n) is 1.87. The van der Waals surface area contributed by atoms with Crippen LogP contribution in [0.25, 0.3) is 0 Å². The maximum atomic E-state index is 11.7. The maximum absolute atomic E-state index is 11.7. The van der Waals surface area contributed by atoms with Gasteiger partial charge < -0.3 is 10.4 Å². The Morgan fingerprint density at radius 2 is 2.24 bits per heavy atom. The Bertz CT molecular complexity index is 464. The highest BCUT2D eigenvalue weighted by molar-refractivity contribution is 9.10. The van der Waals surface area contributed by atoms with Gasteiger partial charge in [0.15, 0.2) is 0 Å². The van der Waals surface area contributed by atoms with Crippen LogP contribution in [0, 0.1) is 0 Å². The number of rotatable bonds is 3. The van der Waals surface area contributed by atoms with Crippen LogP contribution in [0.2, 0.25) is 0 Å². The van der Waals surface area contributed by atoms with Crippen LogP contribution in [-0.2, 0) is 4.79 Å². The number of anilines is 1. The van der Waals surface area contributed by atoms with Crippen molar-refractivity contribution in [1.82, 2.24) is 5.32 Å². The standard InChI is InChI=1S/C11H11BrN2O3/c12-8-3-1-2-4-9(8)14-7(5-10(15)16)6-13-11(14)17/h1-4,7H,5-6H2,(H,13,17)(H,15,16). The summed E-state index contributed by atoms with van der Waals surface area (Å²) in [5, 5.41) is 11.5. The molecule has 1 atom stereocenters. The second kappa shape index (κ2) is 4.75. The Morgan fingerprint density at radius 1 is 1.53 bits per heavy atom. The first-order chi connectivity index (χ1) is 8.09. The van der Waals surface area contributed by atoms with Gasteiger partial charge in [-0.15, -0.1) is 0 Å². The molecule has 0 spiro atoms. The summed E-state index contributed by atoms with van der Waals surface area (Å²) in [7, 11) is 0. The Kier molecular flexibility index (Phi) is 3.33. The van der Waals surface area contributed by atoms with Gasteiger partial charge in [-0.25, -0.2) is 4.79 Å². The summed E-state index contributed by atoms with van der Waals surface area (Å²) in [5.41, 5.74) is 0.689. The minimum absolute atomic E-state index is 0.0694. The van der Waals surface area contributed by atoms with E-state index in [4.69, 9.17) is 5.11 Å². The van der Waals surface area contributed by atoms with Crippen LogP contribution in [0.4, 0.5) is 10.5 Å². The number of benzene rings is 1. The summed E-state index contributed by atoms with van der Waals surface area (Å²) in [5.74, 6) is -0.913. The van der Waals surface area contributed by atoms with Gasteiger partial charge in [-0.05, 0) is 28.1 Å². The van der Waals surface area contributed by atoms with Gasteiger partial charge in [-0.1, -0.05) is 12.1 Å². The summed E-state index contributed by atoms with van der Waals surface area (Å²) in [6.07, 6.45) is -0.0694. The van der Waals surface area contributed by atoms with Gasteiger partial charge in [-0.3, -0.25) is 9.69 Å². The lowest BCUT2D eigenvalue weighted by Gasteiger charge is -2.22. The van der Waals surface area contributed by atoms with E-state index in [0.29, 0.717) is 12.2 Å². The highest BCUT2D eigenvalue weighted by Crippen LogP contribution is 2.29. The fraction of sp³-hybridized carbons (Fsp3) is 0.273. The molecule has 2 amide bonds. The molecule has 6 heteroatoms.